The molecular weight excluding hydrogens is 411 g/mol. The summed E-state index contributed by atoms with van der Waals surface area (Å²) in [5.41, 5.74) is 3.20. The number of hydrogen-bond donors (Lipinski definition) is 1. The lowest BCUT2D eigenvalue weighted by molar-refractivity contribution is -0.116. The summed E-state index contributed by atoms with van der Waals surface area (Å²) in [5.74, 6) is -0.0410. The predicted molar refractivity (Wildman–Crippen MR) is 97.3 cm³/mol. The van der Waals surface area contributed by atoms with Crippen LogP contribution in [0.3, 0.4) is 0 Å². The van der Waals surface area contributed by atoms with Gasteiger partial charge in [0.25, 0.3) is 0 Å². The fourth-order valence-corrected chi connectivity index (χ4v) is 3.51. The smallest absolute Gasteiger partial charge is 0.228 e. The molecule has 1 amide bonds. The van der Waals surface area contributed by atoms with E-state index < -0.39 is 0 Å². The van der Waals surface area contributed by atoms with E-state index in [1.54, 1.807) is 0 Å². The molecule has 5 nitrogen and oxygen atoms in total. The zero-order chi connectivity index (χ0) is 15.7. The van der Waals surface area contributed by atoms with Crippen molar-refractivity contribution in [2.75, 3.05) is 5.32 Å². The first-order valence-corrected chi connectivity index (χ1v) is 8.77. The van der Waals surface area contributed by atoms with Gasteiger partial charge in [0, 0.05) is 12.1 Å². The summed E-state index contributed by atoms with van der Waals surface area (Å²) in [6, 6.07) is 6.08. The highest BCUT2D eigenvalue weighted by molar-refractivity contribution is 14.1. The molecule has 0 radical (unpaired) electrons. The van der Waals surface area contributed by atoms with Gasteiger partial charge >= 0.3 is 0 Å². The second-order valence-corrected chi connectivity index (χ2v) is 7.28. The van der Waals surface area contributed by atoms with Crippen molar-refractivity contribution >= 4 is 55.2 Å². The van der Waals surface area contributed by atoms with E-state index in [4.69, 9.17) is 0 Å². The maximum absolute atomic E-state index is 12.1. The fraction of sp³-hybridized carbons (Fsp3) is 0.267. The van der Waals surface area contributed by atoms with Crippen LogP contribution in [0.25, 0.3) is 10.2 Å². The zero-order valence-corrected chi connectivity index (χ0v) is 15.2. The number of fused-ring (bicyclic) bond motifs is 1. The van der Waals surface area contributed by atoms with E-state index in [0.29, 0.717) is 18.1 Å². The Morgan fingerprint density at radius 3 is 2.95 bits per heavy atom. The Morgan fingerprint density at radius 2 is 2.23 bits per heavy atom. The van der Waals surface area contributed by atoms with Crippen molar-refractivity contribution in [1.82, 2.24) is 14.8 Å². The van der Waals surface area contributed by atoms with Crippen molar-refractivity contribution < 1.29 is 4.79 Å². The van der Waals surface area contributed by atoms with E-state index in [0.717, 1.165) is 19.5 Å². The summed E-state index contributed by atoms with van der Waals surface area (Å²) >= 11 is 3.74. The van der Waals surface area contributed by atoms with E-state index in [-0.39, 0.29) is 5.91 Å². The van der Waals surface area contributed by atoms with E-state index >= 15 is 0 Å². The fourth-order valence-electron chi connectivity index (χ4n) is 2.12. The van der Waals surface area contributed by atoms with E-state index in [1.165, 1.54) is 16.9 Å². The predicted octanol–water partition coefficient (Wildman–Crippen LogP) is 3.74. The molecule has 1 N–H and O–H groups in total. The molecule has 2 heterocycles. The Bertz CT molecular complexity index is 839. The number of carbonyl (C=O) groups is 1. The molecule has 3 aromatic rings. The molecule has 3 rings (SSSR count). The van der Waals surface area contributed by atoms with Gasteiger partial charge in [-0.15, -0.1) is 0 Å². The number of aromatic nitrogens is 3. The highest BCUT2D eigenvalue weighted by atomic mass is 127. The summed E-state index contributed by atoms with van der Waals surface area (Å²) in [6.45, 7) is 4.62. The normalized spacial score (nSPS) is 11.0. The molecule has 0 aliphatic heterocycles. The topological polar surface area (TPSA) is 59.8 Å². The van der Waals surface area contributed by atoms with Crippen LogP contribution in [0.5, 0.6) is 0 Å². The quantitative estimate of drug-likeness (QED) is 0.647. The van der Waals surface area contributed by atoms with Crippen LogP contribution in [0.15, 0.2) is 24.4 Å². The number of halogens is 1. The first-order chi connectivity index (χ1) is 10.5. The lowest BCUT2D eigenvalue weighted by atomic mass is 10.2. The molecule has 0 saturated heterocycles. The summed E-state index contributed by atoms with van der Waals surface area (Å²) in [7, 11) is 0. The van der Waals surface area contributed by atoms with Gasteiger partial charge in [-0.3, -0.25) is 9.48 Å². The SMILES string of the molecule is Cc1ccc2nc(NC(=O)CCn3ncc(I)c3C)sc2c1. The van der Waals surface area contributed by atoms with Crippen LogP contribution < -0.4 is 5.32 Å². The molecule has 0 spiro atoms. The van der Waals surface area contributed by atoms with Gasteiger partial charge in [0.15, 0.2) is 5.13 Å². The molecule has 0 aliphatic carbocycles. The average molecular weight is 426 g/mol. The standard InChI is InChI=1S/C15H15IN4OS/c1-9-3-4-12-13(7-9)22-15(18-12)19-14(21)5-6-20-10(2)11(16)8-17-20/h3-4,7-8H,5-6H2,1-2H3,(H,18,19,21). The summed E-state index contributed by atoms with van der Waals surface area (Å²) in [5, 5.41) is 7.78. The van der Waals surface area contributed by atoms with E-state index in [1.807, 2.05) is 36.9 Å². The van der Waals surface area contributed by atoms with Crippen molar-refractivity contribution in [1.29, 1.82) is 0 Å². The van der Waals surface area contributed by atoms with Crippen molar-refractivity contribution in [3.8, 4) is 0 Å². The highest BCUT2D eigenvalue weighted by Crippen LogP contribution is 2.26. The monoisotopic (exact) mass is 426 g/mol. The Hall–Kier alpha value is -1.48. The summed E-state index contributed by atoms with van der Waals surface area (Å²) < 4.78 is 4.05. The number of hydrogen-bond acceptors (Lipinski definition) is 4. The second kappa shape index (κ2) is 6.33. The Morgan fingerprint density at radius 1 is 1.41 bits per heavy atom. The third-order valence-corrected chi connectivity index (χ3v) is 5.38. The van der Waals surface area contributed by atoms with Gasteiger partial charge in [0.05, 0.1) is 26.5 Å². The van der Waals surface area contributed by atoms with Crippen LogP contribution in [-0.2, 0) is 11.3 Å². The van der Waals surface area contributed by atoms with Crippen molar-refractivity contribution in [2.45, 2.75) is 26.8 Å². The van der Waals surface area contributed by atoms with Gasteiger partial charge in [-0.05, 0) is 54.1 Å². The van der Waals surface area contributed by atoms with Gasteiger partial charge in [-0.25, -0.2) is 4.98 Å². The number of benzene rings is 1. The van der Waals surface area contributed by atoms with Crippen LogP contribution in [0.1, 0.15) is 17.7 Å². The number of nitrogens with zero attached hydrogens (tertiary/aromatic N) is 3. The van der Waals surface area contributed by atoms with Crippen LogP contribution in [0.2, 0.25) is 0 Å². The first-order valence-electron chi connectivity index (χ1n) is 6.88. The molecule has 22 heavy (non-hydrogen) atoms. The Kier molecular flexibility index (Phi) is 4.44. The number of amides is 1. The lowest BCUT2D eigenvalue weighted by Crippen LogP contribution is -2.15. The van der Waals surface area contributed by atoms with Gasteiger partial charge in [-0.1, -0.05) is 17.4 Å². The molecule has 7 heteroatoms. The van der Waals surface area contributed by atoms with Gasteiger partial charge in [-0.2, -0.15) is 5.10 Å². The number of aryl methyl sites for hydroxylation is 2. The Balaban J connectivity index is 1.64. The van der Waals surface area contributed by atoms with Gasteiger partial charge in [0.1, 0.15) is 0 Å². The second-order valence-electron chi connectivity index (χ2n) is 5.09. The van der Waals surface area contributed by atoms with Crippen molar-refractivity contribution in [3.05, 3.63) is 39.2 Å². The molecule has 0 unspecified atom stereocenters. The maximum Gasteiger partial charge on any atom is 0.228 e. The highest BCUT2D eigenvalue weighted by Gasteiger charge is 2.10. The third kappa shape index (κ3) is 3.30. The van der Waals surface area contributed by atoms with Gasteiger partial charge in [0.2, 0.25) is 5.91 Å². The lowest BCUT2D eigenvalue weighted by Gasteiger charge is -2.04. The number of carbonyl (C=O) groups excluding carboxylic acids is 1. The zero-order valence-electron chi connectivity index (χ0n) is 12.3. The molecule has 0 saturated carbocycles. The third-order valence-electron chi connectivity index (χ3n) is 3.38. The van der Waals surface area contributed by atoms with E-state index in [2.05, 4.69) is 44.1 Å². The van der Waals surface area contributed by atoms with Crippen LogP contribution in [0, 0.1) is 17.4 Å². The summed E-state index contributed by atoms with van der Waals surface area (Å²) in [6.07, 6.45) is 2.19. The summed E-state index contributed by atoms with van der Waals surface area (Å²) in [4.78, 5) is 16.5. The molecule has 0 fully saturated rings. The molecule has 1 aromatic carbocycles. The number of rotatable bonds is 4. The first kappa shape index (κ1) is 15.4. The van der Waals surface area contributed by atoms with Gasteiger partial charge < -0.3 is 5.32 Å². The van der Waals surface area contributed by atoms with Crippen molar-refractivity contribution in [2.24, 2.45) is 0 Å². The van der Waals surface area contributed by atoms with Crippen molar-refractivity contribution in [3.63, 3.8) is 0 Å². The molecular formula is C15H15IN4OS. The van der Waals surface area contributed by atoms with Crippen LogP contribution >= 0.6 is 33.9 Å². The largest absolute Gasteiger partial charge is 0.302 e. The molecule has 0 atom stereocenters. The molecule has 114 valence electrons. The number of thiazole rings is 1. The number of anilines is 1. The minimum atomic E-state index is -0.0410. The molecule has 2 aromatic heterocycles. The molecule has 0 bridgehead atoms. The Labute approximate surface area is 145 Å². The van der Waals surface area contributed by atoms with E-state index in [9.17, 15) is 4.79 Å². The number of nitrogens with one attached hydrogen (secondary N) is 1. The minimum Gasteiger partial charge on any atom is -0.302 e. The van der Waals surface area contributed by atoms with Crippen LogP contribution in [0.4, 0.5) is 5.13 Å². The maximum atomic E-state index is 12.1. The minimum absolute atomic E-state index is 0.0410. The van der Waals surface area contributed by atoms with Crippen LogP contribution in [-0.4, -0.2) is 20.7 Å². The average Bonchev–Trinajstić information content (AvgIpc) is 3.01. The molecule has 0 aliphatic rings.